The lowest BCUT2D eigenvalue weighted by Crippen LogP contribution is -2.14. The van der Waals surface area contributed by atoms with Crippen LogP contribution in [0.15, 0.2) is 30.5 Å². The van der Waals surface area contributed by atoms with Crippen LogP contribution >= 0.6 is 23.2 Å². The fourth-order valence-electron chi connectivity index (χ4n) is 1.46. The summed E-state index contributed by atoms with van der Waals surface area (Å²) in [4.78, 5) is 15.7. The Morgan fingerprint density at radius 1 is 1.35 bits per heavy atom. The quantitative estimate of drug-likeness (QED) is 0.861. The first-order valence-corrected chi connectivity index (χ1v) is 6.09. The molecule has 0 unspecified atom stereocenters. The Hall–Kier alpha value is -2.16. The molecule has 0 bridgehead atoms. The number of nitriles is 1. The maximum absolute atomic E-state index is 13.7. The van der Waals surface area contributed by atoms with Crippen LogP contribution in [-0.2, 0) is 0 Å². The van der Waals surface area contributed by atoms with Gasteiger partial charge in [0.2, 0.25) is 0 Å². The summed E-state index contributed by atoms with van der Waals surface area (Å²) >= 11 is 11.5. The van der Waals surface area contributed by atoms with E-state index in [-0.39, 0.29) is 27.0 Å². The second kappa shape index (κ2) is 5.87. The summed E-state index contributed by atoms with van der Waals surface area (Å²) in [6.45, 7) is 0. The van der Waals surface area contributed by atoms with Crippen molar-refractivity contribution in [1.82, 2.24) is 4.98 Å². The smallest absolute Gasteiger partial charge is 0.257 e. The molecule has 100 valence electrons. The van der Waals surface area contributed by atoms with Crippen molar-refractivity contribution in [3.63, 3.8) is 0 Å². The zero-order valence-electron chi connectivity index (χ0n) is 9.82. The van der Waals surface area contributed by atoms with E-state index in [9.17, 15) is 9.18 Å². The summed E-state index contributed by atoms with van der Waals surface area (Å²) in [6.07, 6.45) is 1.23. The fraction of sp³-hybridized carbons (Fsp3) is 0. The number of anilines is 1. The van der Waals surface area contributed by atoms with E-state index in [4.69, 9.17) is 28.5 Å². The van der Waals surface area contributed by atoms with Crippen LogP contribution in [0.3, 0.4) is 0 Å². The van der Waals surface area contributed by atoms with E-state index in [1.54, 1.807) is 6.07 Å². The highest BCUT2D eigenvalue weighted by Gasteiger charge is 2.14. The third-order valence-corrected chi connectivity index (χ3v) is 2.92. The highest BCUT2D eigenvalue weighted by atomic mass is 35.5. The zero-order chi connectivity index (χ0) is 14.7. The number of nitrogens with zero attached hydrogens (tertiary/aromatic N) is 2. The zero-order valence-corrected chi connectivity index (χ0v) is 11.3. The number of aromatic nitrogens is 1. The number of hydrogen-bond donors (Lipinski definition) is 1. The molecule has 7 heteroatoms. The lowest BCUT2D eigenvalue weighted by Gasteiger charge is -2.08. The van der Waals surface area contributed by atoms with Gasteiger partial charge in [0.25, 0.3) is 5.91 Å². The van der Waals surface area contributed by atoms with Gasteiger partial charge in [-0.1, -0.05) is 23.2 Å². The van der Waals surface area contributed by atoms with Crippen LogP contribution in [0.4, 0.5) is 10.1 Å². The van der Waals surface area contributed by atoms with E-state index in [1.165, 1.54) is 24.4 Å². The number of nitrogens with one attached hydrogen (secondary N) is 1. The first kappa shape index (κ1) is 14.3. The minimum absolute atomic E-state index is 0.0574. The molecule has 0 aliphatic carbocycles. The van der Waals surface area contributed by atoms with E-state index in [0.717, 1.165) is 6.07 Å². The van der Waals surface area contributed by atoms with Gasteiger partial charge >= 0.3 is 0 Å². The average molecular weight is 310 g/mol. The molecule has 0 saturated heterocycles. The summed E-state index contributed by atoms with van der Waals surface area (Å²) in [5.74, 6) is -1.34. The van der Waals surface area contributed by atoms with E-state index in [1.807, 2.05) is 0 Å². The average Bonchev–Trinajstić information content (AvgIpc) is 2.43. The normalized spacial score (nSPS) is 9.90. The Labute approximate surface area is 123 Å². The number of rotatable bonds is 2. The number of carbonyl (C=O) groups excluding carboxylic acids is 1. The third kappa shape index (κ3) is 3.05. The van der Waals surface area contributed by atoms with Gasteiger partial charge in [-0.15, -0.1) is 0 Å². The third-order valence-electron chi connectivity index (χ3n) is 2.41. The molecule has 2 aromatic rings. The van der Waals surface area contributed by atoms with E-state index < -0.39 is 11.7 Å². The second-order valence-corrected chi connectivity index (χ2v) is 4.54. The van der Waals surface area contributed by atoms with E-state index >= 15 is 0 Å². The minimum Gasteiger partial charge on any atom is -0.319 e. The molecule has 1 aromatic carbocycles. The van der Waals surface area contributed by atoms with Crippen LogP contribution in [0.1, 0.15) is 15.9 Å². The molecule has 4 nitrogen and oxygen atoms in total. The number of carbonyl (C=O) groups is 1. The molecule has 2 rings (SSSR count). The topological polar surface area (TPSA) is 65.8 Å². The molecule has 0 aliphatic heterocycles. The Morgan fingerprint density at radius 2 is 2.10 bits per heavy atom. The predicted octanol–water partition coefficient (Wildman–Crippen LogP) is 3.65. The van der Waals surface area contributed by atoms with Crippen molar-refractivity contribution in [2.45, 2.75) is 0 Å². The number of benzene rings is 1. The van der Waals surface area contributed by atoms with Gasteiger partial charge in [0.1, 0.15) is 11.0 Å². The Balaban J connectivity index is 2.28. The molecule has 1 amide bonds. The van der Waals surface area contributed by atoms with Crippen molar-refractivity contribution in [1.29, 1.82) is 5.26 Å². The molecule has 1 aromatic heterocycles. The van der Waals surface area contributed by atoms with Crippen molar-refractivity contribution >= 4 is 34.8 Å². The largest absolute Gasteiger partial charge is 0.319 e. The summed E-state index contributed by atoms with van der Waals surface area (Å²) in [5.41, 5.74) is 0.180. The maximum atomic E-state index is 13.7. The van der Waals surface area contributed by atoms with Crippen LogP contribution in [0.25, 0.3) is 0 Å². The monoisotopic (exact) mass is 309 g/mol. The second-order valence-electron chi connectivity index (χ2n) is 3.75. The number of halogens is 3. The minimum atomic E-state index is -0.714. The molecule has 0 fully saturated rings. The van der Waals surface area contributed by atoms with Gasteiger partial charge in [0.05, 0.1) is 27.9 Å². The molecule has 20 heavy (non-hydrogen) atoms. The van der Waals surface area contributed by atoms with Crippen molar-refractivity contribution in [2.75, 3.05) is 5.32 Å². The first-order chi connectivity index (χ1) is 9.51. The molecule has 0 spiro atoms. The first-order valence-electron chi connectivity index (χ1n) is 5.33. The molecule has 1 N–H and O–H groups in total. The van der Waals surface area contributed by atoms with Crippen LogP contribution in [0.2, 0.25) is 10.2 Å². The molecule has 0 saturated carbocycles. The van der Waals surface area contributed by atoms with Crippen molar-refractivity contribution in [3.8, 4) is 6.07 Å². The van der Waals surface area contributed by atoms with E-state index in [0.29, 0.717) is 0 Å². The Bertz CT molecular complexity index is 728. The number of pyridine rings is 1. The molecular formula is C13H6Cl2FN3O. The van der Waals surface area contributed by atoms with Crippen LogP contribution in [0, 0.1) is 17.1 Å². The molecule has 0 atom stereocenters. The van der Waals surface area contributed by atoms with Gasteiger partial charge in [-0.05, 0) is 24.3 Å². The molecule has 0 radical (unpaired) electrons. The number of hydrogen-bond acceptors (Lipinski definition) is 3. The molecular weight excluding hydrogens is 304 g/mol. The van der Waals surface area contributed by atoms with Gasteiger partial charge in [-0.25, -0.2) is 9.37 Å². The summed E-state index contributed by atoms with van der Waals surface area (Å²) in [5, 5.41) is 11.2. The van der Waals surface area contributed by atoms with Crippen LogP contribution in [0.5, 0.6) is 0 Å². The highest BCUT2D eigenvalue weighted by molar-refractivity contribution is 6.35. The van der Waals surface area contributed by atoms with Crippen LogP contribution < -0.4 is 5.32 Å². The van der Waals surface area contributed by atoms with Gasteiger partial charge in [-0.2, -0.15) is 5.26 Å². The SMILES string of the molecule is N#Cc1ccc(NC(=O)c2cc(Cl)ncc2Cl)c(F)c1. The van der Waals surface area contributed by atoms with Gasteiger partial charge in [-0.3, -0.25) is 4.79 Å². The van der Waals surface area contributed by atoms with Crippen molar-refractivity contribution in [2.24, 2.45) is 0 Å². The lowest BCUT2D eigenvalue weighted by atomic mass is 10.2. The maximum Gasteiger partial charge on any atom is 0.257 e. The van der Waals surface area contributed by atoms with Crippen LogP contribution in [-0.4, -0.2) is 10.9 Å². The summed E-state index contributed by atoms with van der Waals surface area (Å²) < 4.78 is 13.7. The Morgan fingerprint density at radius 3 is 2.75 bits per heavy atom. The molecule has 1 heterocycles. The molecule has 0 aliphatic rings. The Kier molecular flexibility index (Phi) is 4.18. The van der Waals surface area contributed by atoms with Gasteiger partial charge in [0.15, 0.2) is 0 Å². The van der Waals surface area contributed by atoms with Crippen molar-refractivity contribution < 1.29 is 9.18 Å². The van der Waals surface area contributed by atoms with Gasteiger partial charge < -0.3 is 5.32 Å². The fourth-order valence-corrected chi connectivity index (χ4v) is 1.81. The standard InChI is InChI=1S/C13H6Cl2FN3O/c14-9-6-18-12(15)4-8(9)13(20)19-11-2-1-7(5-17)3-10(11)16/h1-4,6H,(H,19,20). The van der Waals surface area contributed by atoms with Gasteiger partial charge in [0, 0.05) is 6.20 Å². The van der Waals surface area contributed by atoms with E-state index in [2.05, 4.69) is 10.3 Å². The highest BCUT2D eigenvalue weighted by Crippen LogP contribution is 2.21. The summed E-state index contributed by atoms with van der Waals surface area (Å²) in [6, 6.07) is 6.78. The van der Waals surface area contributed by atoms with Crippen molar-refractivity contribution in [3.05, 3.63) is 57.6 Å². The number of amides is 1. The summed E-state index contributed by atoms with van der Waals surface area (Å²) in [7, 11) is 0. The lowest BCUT2D eigenvalue weighted by molar-refractivity contribution is 0.102. The predicted molar refractivity (Wildman–Crippen MR) is 73.3 cm³/mol.